The maximum absolute atomic E-state index is 11.0. The Balaban J connectivity index is 1.68. The molecular formula is C23H34NO5P. The van der Waals surface area contributed by atoms with Crippen LogP contribution in [0.15, 0.2) is 36.4 Å². The van der Waals surface area contributed by atoms with E-state index in [1.165, 1.54) is 12.8 Å². The lowest BCUT2D eigenvalue weighted by atomic mass is 9.72. The van der Waals surface area contributed by atoms with Crippen LogP contribution >= 0.6 is 7.82 Å². The predicted molar refractivity (Wildman–Crippen MR) is 119 cm³/mol. The standard InChI is InChI=1S/C23H34NO5P/c1-22(2,3)18-8-11-20(12-9-18)29-21-10-6-16-13-19(7-5-17(16)14-21)23(4,24)15-28-30(25,26)27/h5-7,10,13-14,18,20H,8-9,11-12,15,24H2,1-4H3,(H2,25,26,27). The van der Waals surface area contributed by atoms with E-state index in [4.69, 9.17) is 20.3 Å². The zero-order valence-corrected chi connectivity index (χ0v) is 19.2. The molecule has 1 unspecified atom stereocenters. The topological polar surface area (TPSA) is 102 Å². The van der Waals surface area contributed by atoms with Gasteiger partial charge >= 0.3 is 7.82 Å². The van der Waals surface area contributed by atoms with Gasteiger partial charge in [-0.05, 0) is 78.5 Å². The van der Waals surface area contributed by atoms with Gasteiger partial charge in [0.05, 0.1) is 18.2 Å². The van der Waals surface area contributed by atoms with Gasteiger partial charge in [-0.25, -0.2) is 4.57 Å². The Kier molecular flexibility index (Phi) is 6.66. The number of fused-ring (bicyclic) bond motifs is 1. The van der Waals surface area contributed by atoms with E-state index in [1.807, 2.05) is 36.4 Å². The molecule has 0 bridgehead atoms. The largest absolute Gasteiger partial charge is 0.490 e. The normalized spacial score (nSPS) is 22.6. The summed E-state index contributed by atoms with van der Waals surface area (Å²) in [6, 6.07) is 11.8. The zero-order chi connectivity index (χ0) is 22.2. The zero-order valence-electron chi connectivity index (χ0n) is 18.3. The van der Waals surface area contributed by atoms with Gasteiger partial charge < -0.3 is 20.3 Å². The van der Waals surface area contributed by atoms with E-state index in [2.05, 4.69) is 25.3 Å². The second-order valence-corrected chi connectivity index (χ2v) is 11.1. The molecule has 0 spiro atoms. The van der Waals surface area contributed by atoms with E-state index < -0.39 is 13.4 Å². The maximum atomic E-state index is 11.0. The van der Waals surface area contributed by atoms with Crippen LogP contribution in [0.1, 0.15) is 58.9 Å². The van der Waals surface area contributed by atoms with Gasteiger partial charge in [-0.15, -0.1) is 0 Å². The van der Waals surface area contributed by atoms with Crippen molar-refractivity contribution < 1.29 is 23.6 Å². The molecule has 0 aromatic heterocycles. The highest BCUT2D eigenvalue weighted by Gasteiger charge is 2.30. The van der Waals surface area contributed by atoms with Crippen LogP contribution in [0.4, 0.5) is 0 Å². The molecule has 30 heavy (non-hydrogen) atoms. The van der Waals surface area contributed by atoms with Crippen LogP contribution in [0, 0.1) is 11.3 Å². The minimum Gasteiger partial charge on any atom is -0.490 e. The minimum atomic E-state index is -4.57. The van der Waals surface area contributed by atoms with Crippen LogP contribution in [0.25, 0.3) is 10.8 Å². The fraction of sp³-hybridized carbons (Fsp3) is 0.565. The number of ether oxygens (including phenoxy) is 1. The van der Waals surface area contributed by atoms with Crippen LogP contribution in [0.3, 0.4) is 0 Å². The maximum Gasteiger partial charge on any atom is 0.469 e. The lowest BCUT2D eigenvalue weighted by Gasteiger charge is -2.37. The number of rotatable bonds is 6. The summed E-state index contributed by atoms with van der Waals surface area (Å²) < 4.78 is 21.9. The molecule has 1 fully saturated rings. The SMILES string of the molecule is CC(N)(COP(=O)(O)O)c1ccc2cc(OC3CCC(C(C)(C)C)CC3)ccc2c1. The Labute approximate surface area is 179 Å². The number of hydrogen-bond donors (Lipinski definition) is 3. The van der Waals surface area contributed by atoms with Gasteiger partial charge in [0.15, 0.2) is 0 Å². The fourth-order valence-corrected chi connectivity index (χ4v) is 4.63. The summed E-state index contributed by atoms with van der Waals surface area (Å²) in [5.74, 6) is 1.63. The van der Waals surface area contributed by atoms with Gasteiger partial charge in [-0.1, -0.05) is 39.0 Å². The fourth-order valence-electron chi connectivity index (χ4n) is 4.19. The first kappa shape index (κ1) is 23.2. The van der Waals surface area contributed by atoms with E-state index in [9.17, 15) is 4.57 Å². The van der Waals surface area contributed by atoms with E-state index in [0.717, 1.165) is 40.8 Å². The summed E-state index contributed by atoms with van der Waals surface area (Å²) >= 11 is 0. The number of phosphoric acid groups is 1. The predicted octanol–water partition coefficient (Wildman–Crippen LogP) is 5.11. The Hall–Kier alpha value is -1.43. The lowest BCUT2D eigenvalue weighted by Crippen LogP contribution is -2.37. The van der Waals surface area contributed by atoms with Crippen molar-refractivity contribution in [3.05, 3.63) is 42.0 Å². The van der Waals surface area contributed by atoms with Crippen molar-refractivity contribution in [3.63, 3.8) is 0 Å². The van der Waals surface area contributed by atoms with Crippen molar-refractivity contribution in [2.75, 3.05) is 6.61 Å². The monoisotopic (exact) mass is 435 g/mol. The highest BCUT2D eigenvalue weighted by molar-refractivity contribution is 7.46. The molecule has 1 atom stereocenters. The molecule has 4 N–H and O–H groups in total. The van der Waals surface area contributed by atoms with Crippen molar-refractivity contribution in [1.82, 2.24) is 0 Å². The van der Waals surface area contributed by atoms with Crippen LogP contribution in [0.2, 0.25) is 0 Å². The minimum absolute atomic E-state index is 0.262. The molecule has 1 saturated carbocycles. The average Bonchev–Trinajstić information content (AvgIpc) is 2.65. The van der Waals surface area contributed by atoms with Crippen LogP contribution in [-0.4, -0.2) is 22.5 Å². The first-order valence-electron chi connectivity index (χ1n) is 10.5. The second kappa shape index (κ2) is 8.60. The summed E-state index contributed by atoms with van der Waals surface area (Å²) in [5.41, 5.74) is 6.33. The summed E-state index contributed by atoms with van der Waals surface area (Å²) in [7, 11) is -4.57. The van der Waals surface area contributed by atoms with Crippen molar-refractivity contribution in [2.45, 2.75) is 65.0 Å². The van der Waals surface area contributed by atoms with Gasteiger partial charge in [-0.2, -0.15) is 0 Å². The van der Waals surface area contributed by atoms with Crippen molar-refractivity contribution in [3.8, 4) is 5.75 Å². The van der Waals surface area contributed by atoms with Crippen LogP contribution in [0.5, 0.6) is 5.75 Å². The Morgan fingerprint density at radius 3 is 2.20 bits per heavy atom. The summed E-state index contributed by atoms with van der Waals surface area (Å²) in [6.45, 7) is 8.37. The lowest BCUT2D eigenvalue weighted by molar-refractivity contribution is 0.0883. The van der Waals surface area contributed by atoms with E-state index >= 15 is 0 Å². The molecule has 166 valence electrons. The molecule has 0 aliphatic heterocycles. The highest BCUT2D eigenvalue weighted by Crippen LogP contribution is 2.40. The van der Waals surface area contributed by atoms with Gasteiger partial charge in [0.2, 0.25) is 0 Å². The van der Waals surface area contributed by atoms with Crippen molar-refractivity contribution in [2.24, 2.45) is 17.1 Å². The first-order valence-corrected chi connectivity index (χ1v) is 12.1. The second-order valence-electron chi connectivity index (χ2n) is 9.86. The first-order chi connectivity index (χ1) is 13.8. The van der Waals surface area contributed by atoms with Gasteiger partial charge in [0.1, 0.15) is 5.75 Å². The summed E-state index contributed by atoms with van der Waals surface area (Å²) in [4.78, 5) is 17.9. The van der Waals surface area contributed by atoms with Crippen molar-refractivity contribution in [1.29, 1.82) is 0 Å². The van der Waals surface area contributed by atoms with Gasteiger partial charge in [-0.3, -0.25) is 4.52 Å². The smallest absolute Gasteiger partial charge is 0.469 e. The Morgan fingerprint density at radius 1 is 1.00 bits per heavy atom. The molecule has 2 aromatic rings. The van der Waals surface area contributed by atoms with E-state index in [1.54, 1.807) is 6.92 Å². The molecule has 1 aliphatic carbocycles. The molecule has 2 aromatic carbocycles. The average molecular weight is 436 g/mol. The Bertz CT molecular complexity index is 923. The number of benzene rings is 2. The van der Waals surface area contributed by atoms with Crippen LogP contribution in [-0.2, 0) is 14.6 Å². The molecule has 6 nitrogen and oxygen atoms in total. The third-order valence-corrected chi connectivity index (χ3v) is 6.67. The molecule has 3 rings (SSSR count). The van der Waals surface area contributed by atoms with Gasteiger partial charge in [0.25, 0.3) is 0 Å². The number of nitrogens with two attached hydrogens (primary N) is 1. The quantitative estimate of drug-likeness (QED) is 0.545. The molecule has 7 heteroatoms. The molecule has 0 amide bonds. The molecule has 0 radical (unpaired) electrons. The third kappa shape index (κ3) is 6.05. The van der Waals surface area contributed by atoms with E-state index in [0.29, 0.717) is 5.41 Å². The van der Waals surface area contributed by atoms with E-state index in [-0.39, 0.29) is 12.7 Å². The number of phosphoric ester groups is 1. The Morgan fingerprint density at radius 2 is 1.60 bits per heavy atom. The summed E-state index contributed by atoms with van der Waals surface area (Å²) in [5, 5.41) is 2.02. The number of hydrogen-bond acceptors (Lipinski definition) is 4. The molecule has 1 aliphatic rings. The molecule has 0 saturated heterocycles. The molecule has 0 heterocycles. The van der Waals surface area contributed by atoms with Crippen LogP contribution < -0.4 is 10.5 Å². The van der Waals surface area contributed by atoms with Gasteiger partial charge in [0, 0.05) is 0 Å². The summed E-state index contributed by atoms with van der Waals surface area (Å²) in [6.07, 6.45) is 4.85. The third-order valence-electron chi connectivity index (χ3n) is 6.21. The molecular weight excluding hydrogens is 401 g/mol. The highest BCUT2D eigenvalue weighted by atomic mass is 31.2. The van der Waals surface area contributed by atoms with Crippen molar-refractivity contribution >= 4 is 18.6 Å².